The molecule has 2 heterocycles. The number of hydrogen-bond donors (Lipinski definition) is 3. The van der Waals surface area contributed by atoms with Crippen LogP contribution in [0.4, 0.5) is 29.2 Å². The molecule has 1 aliphatic rings. The molecule has 3 N–H and O–H groups in total. The van der Waals surface area contributed by atoms with Gasteiger partial charge in [-0.3, -0.25) is 9.59 Å². The van der Waals surface area contributed by atoms with E-state index in [1.54, 1.807) is 18.4 Å². The molecule has 4 rings (SSSR count). The maximum Gasteiger partial charge on any atom is 0.423 e. The molecule has 0 aliphatic carbocycles. The van der Waals surface area contributed by atoms with Crippen molar-refractivity contribution in [2.75, 3.05) is 45.9 Å². The zero-order valence-electron chi connectivity index (χ0n) is 23.7. The summed E-state index contributed by atoms with van der Waals surface area (Å²) in [5.41, 5.74) is -0.771. The summed E-state index contributed by atoms with van der Waals surface area (Å²) in [5.74, 6) is -2.12. The lowest BCUT2D eigenvalue weighted by molar-refractivity contribution is -0.139. The Bertz CT molecular complexity index is 1490. The second-order valence-corrected chi connectivity index (χ2v) is 10.5. The van der Waals surface area contributed by atoms with Crippen molar-refractivity contribution in [3.63, 3.8) is 0 Å². The maximum atomic E-state index is 14.4. The number of ether oxygens (including phenoxy) is 2. The number of anilines is 2. The number of benzene rings is 2. The summed E-state index contributed by atoms with van der Waals surface area (Å²) in [7, 11) is 4.55. The number of alkyl halides is 4. The molecule has 10 nitrogen and oxygen atoms in total. The number of likely N-dealkylation sites (tertiary alicyclic amines) is 1. The van der Waals surface area contributed by atoms with Gasteiger partial charge in [0.2, 0.25) is 11.8 Å². The van der Waals surface area contributed by atoms with Crippen LogP contribution in [0.25, 0.3) is 0 Å². The van der Waals surface area contributed by atoms with Gasteiger partial charge in [-0.1, -0.05) is 6.07 Å². The first kappa shape index (κ1) is 31.8. The summed E-state index contributed by atoms with van der Waals surface area (Å²) >= 11 is 1.22. The first-order valence-corrected chi connectivity index (χ1v) is 14.3. The standard InChI is InChI=1S/C28H30F4N6O4S/c1-33-25(40)23-20(6-5-7-22(23)43-4)42-26-16(28(30,31)32)13-34-27(37-26)36-19-9-8-15(12-21(19)41-3)24(39)35-18-10-11-38(2)14-17(18)29/h5-9,12-13,17-18H,10-11,14H2,1-4H3,(H,33,40)(H,35,39)(H,34,36,37)/t17-,18+/m1/s1. The number of rotatable bonds is 9. The van der Waals surface area contributed by atoms with Gasteiger partial charge in [0.25, 0.3) is 11.8 Å². The Morgan fingerprint density at radius 3 is 2.56 bits per heavy atom. The van der Waals surface area contributed by atoms with Crippen molar-refractivity contribution >= 4 is 35.2 Å². The number of aromatic nitrogens is 2. The Labute approximate surface area is 249 Å². The lowest BCUT2D eigenvalue weighted by Crippen LogP contribution is -2.51. The highest BCUT2D eigenvalue weighted by molar-refractivity contribution is 7.98. The Kier molecular flexibility index (Phi) is 9.96. The molecule has 0 spiro atoms. The van der Waals surface area contributed by atoms with E-state index in [1.807, 2.05) is 11.9 Å². The summed E-state index contributed by atoms with van der Waals surface area (Å²) < 4.78 is 67.0. The molecular formula is C28H30F4N6O4S. The number of halogens is 4. The molecule has 0 saturated carbocycles. The topological polar surface area (TPSA) is 118 Å². The third-order valence-corrected chi connectivity index (χ3v) is 7.48. The van der Waals surface area contributed by atoms with Gasteiger partial charge in [0.1, 0.15) is 23.2 Å². The molecule has 2 amide bonds. The summed E-state index contributed by atoms with van der Waals surface area (Å²) in [6.07, 6.45) is -3.34. The van der Waals surface area contributed by atoms with Crippen LogP contribution < -0.4 is 25.4 Å². The molecule has 0 unspecified atom stereocenters. The van der Waals surface area contributed by atoms with Gasteiger partial charge in [-0.15, -0.1) is 11.8 Å². The highest BCUT2D eigenvalue weighted by atomic mass is 32.2. The summed E-state index contributed by atoms with van der Waals surface area (Å²) in [6.45, 7) is 0.860. The SMILES string of the molecule is CNC(=O)c1c(Oc2nc(Nc3ccc(C(=O)N[C@H]4CCN(C)C[C@H]4F)cc3OC)ncc2C(F)(F)F)cccc1SC. The second-order valence-electron chi connectivity index (χ2n) is 9.61. The summed E-state index contributed by atoms with van der Waals surface area (Å²) in [6, 6.07) is 8.24. The average Bonchev–Trinajstić information content (AvgIpc) is 2.97. The van der Waals surface area contributed by atoms with Crippen LogP contribution in [-0.2, 0) is 6.18 Å². The van der Waals surface area contributed by atoms with Gasteiger partial charge >= 0.3 is 6.18 Å². The maximum absolute atomic E-state index is 14.4. The van der Waals surface area contributed by atoms with E-state index >= 15 is 0 Å². The predicted octanol–water partition coefficient (Wildman–Crippen LogP) is 4.89. The third-order valence-electron chi connectivity index (χ3n) is 6.70. The molecule has 3 aromatic rings. The van der Waals surface area contributed by atoms with Gasteiger partial charge in [-0.2, -0.15) is 18.2 Å². The number of amides is 2. The lowest BCUT2D eigenvalue weighted by atomic mass is 10.0. The minimum Gasteiger partial charge on any atom is -0.495 e. The Balaban J connectivity index is 1.62. The van der Waals surface area contributed by atoms with Crippen molar-refractivity contribution in [2.24, 2.45) is 0 Å². The van der Waals surface area contributed by atoms with E-state index in [1.165, 1.54) is 50.2 Å². The van der Waals surface area contributed by atoms with E-state index in [0.29, 0.717) is 24.1 Å². The number of methoxy groups -OCH3 is 1. The number of piperidine rings is 1. The van der Waals surface area contributed by atoms with Crippen LogP contribution >= 0.6 is 11.8 Å². The van der Waals surface area contributed by atoms with E-state index in [4.69, 9.17) is 9.47 Å². The van der Waals surface area contributed by atoms with Crippen molar-refractivity contribution in [3.8, 4) is 17.4 Å². The lowest BCUT2D eigenvalue weighted by Gasteiger charge is -2.32. The molecule has 2 aromatic carbocycles. The van der Waals surface area contributed by atoms with E-state index < -0.39 is 41.6 Å². The van der Waals surface area contributed by atoms with Crippen molar-refractivity contribution in [1.82, 2.24) is 25.5 Å². The highest BCUT2D eigenvalue weighted by Crippen LogP contribution is 2.39. The van der Waals surface area contributed by atoms with Crippen molar-refractivity contribution in [2.45, 2.75) is 29.7 Å². The normalized spacial score (nSPS) is 17.2. The molecule has 230 valence electrons. The molecule has 1 saturated heterocycles. The number of hydrogen-bond acceptors (Lipinski definition) is 9. The minimum atomic E-state index is -4.86. The fourth-order valence-corrected chi connectivity index (χ4v) is 5.06. The molecule has 0 bridgehead atoms. The molecule has 1 fully saturated rings. The fourth-order valence-electron chi connectivity index (χ4n) is 4.44. The Morgan fingerprint density at radius 2 is 1.91 bits per heavy atom. The molecular weight excluding hydrogens is 592 g/mol. The zero-order chi connectivity index (χ0) is 31.3. The van der Waals surface area contributed by atoms with E-state index in [0.717, 1.165) is 0 Å². The van der Waals surface area contributed by atoms with Gasteiger partial charge in [-0.05, 0) is 50.1 Å². The minimum absolute atomic E-state index is 0.0496. The highest BCUT2D eigenvalue weighted by Gasteiger charge is 2.37. The smallest absolute Gasteiger partial charge is 0.423 e. The first-order valence-electron chi connectivity index (χ1n) is 13.0. The Hall–Kier alpha value is -4.11. The van der Waals surface area contributed by atoms with Crippen LogP contribution in [0.2, 0.25) is 0 Å². The number of nitrogens with one attached hydrogen (secondary N) is 3. The summed E-state index contributed by atoms with van der Waals surface area (Å²) in [5, 5.41) is 7.95. The van der Waals surface area contributed by atoms with Crippen LogP contribution in [0.5, 0.6) is 17.4 Å². The zero-order valence-corrected chi connectivity index (χ0v) is 24.5. The quantitative estimate of drug-likeness (QED) is 0.227. The predicted molar refractivity (Wildman–Crippen MR) is 153 cm³/mol. The molecule has 15 heteroatoms. The third kappa shape index (κ3) is 7.46. The molecule has 0 radical (unpaired) electrons. The number of carbonyl (C=O) groups is 2. The van der Waals surface area contributed by atoms with Gasteiger partial charge in [0.15, 0.2) is 0 Å². The monoisotopic (exact) mass is 622 g/mol. The molecule has 43 heavy (non-hydrogen) atoms. The van der Waals surface area contributed by atoms with E-state index in [-0.39, 0.29) is 40.8 Å². The van der Waals surface area contributed by atoms with E-state index in [9.17, 15) is 27.2 Å². The average molecular weight is 623 g/mol. The largest absolute Gasteiger partial charge is 0.495 e. The number of thioether (sulfide) groups is 1. The summed E-state index contributed by atoms with van der Waals surface area (Å²) in [4.78, 5) is 35.4. The molecule has 1 aliphatic heterocycles. The second kappa shape index (κ2) is 13.5. The van der Waals surface area contributed by atoms with Crippen LogP contribution in [0, 0.1) is 0 Å². The van der Waals surface area contributed by atoms with Gasteiger partial charge in [0.05, 0.1) is 24.4 Å². The van der Waals surface area contributed by atoms with Gasteiger partial charge in [0, 0.05) is 36.8 Å². The van der Waals surface area contributed by atoms with E-state index in [2.05, 4.69) is 25.9 Å². The van der Waals surface area contributed by atoms with Gasteiger partial charge < -0.3 is 30.3 Å². The van der Waals surface area contributed by atoms with Crippen molar-refractivity contribution < 1.29 is 36.6 Å². The first-order chi connectivity index (χ1) is 20.4. The van der Waals surface area contributed by atoms with Crippen LogP contribution in [0.1, 0.15) is 32.7 Å². The number of carbonyl (C=O) groups excluding carboxylic acids is 2. The van der Waals surface area contributed by atoms with Crippen LogP contribution in [0.15, 0.2) is 47.5 Å². The Morgan fingerprint density at radius 1 is 1.14 bits per heavy atom. The fraction of sp³-hybridized carbons (Fsp3) is 0.357. The number of nitrogens with zero attached hydrogens (tertiary/aromatic N) is 3. The van der Waals surface area contributed by atoms with Crippen molar-refractivity contribution in [1.29, 1.82) is 0 Å². The van der Waals surface area contributed by atoms with Crippen molar-refractivity contribution in [3.05, 3.63) is 59.3 Å². The van der Waals surface area contributed by atoms with Crippen LogP contribution in [0.3, 0.4) is 0 Å². The van der Waals surface area contributed by atoms with Crippen LogP contribution in [-0.4, -0.2) is 79.4 Å². The molecule has 1 aromatic heterocycles. The van der Waals surface area contributed by atoms with Gasteiger partial charge in [-0.25, -0.2) is 9.37 Å². The molecule has 2 atom stereocenters.